The molecule has 7 nitrogen and oxygen atoms in total. The Morgan fingerprint density at radius 3 is 2.40 bits per heavy atom. The Morgan fingerprint density at radius 2 is 1.74 bits per heavy atom. The van der Waals surface area contributed by atoms with Gasteiger partial charge in [0.2, 0.25) is 0 Å². The second kappa shape index (κ2) is 9.65. The quantitative estimate of drug-likeness (QED) is 0.405. The van der Waals surface area contributed by atoms with Crippen LogP contribution in [0.3, 0.4) is 0 Å². The zero-order valence-corrected chi connectivity index (χ0v) is 19.3. The van der Waals surface area contributed by atoms with E-state index in [0.717, 1.165) is 17.7 Å². The van der Waals surface area contributed by atoms with Gasteiger partial charge in [0, 0.05) is 24.2 Å². The first kappa shape index (κ1) is 24.1. The molecule has 0 fully saturated rings. The fourth-order valence-electron chi connectivity index (χ4n) is 3.71. The summed E-state index contributed by atoms with van der Waals surface area (Å²) < 4.78 is 50.7. The van der Waals surface area contributed by atoms with Gasteiger partial charge in [-0.05, 0) is 42.3 Å². The third kappa shape index (κ3) is 5.37. The Bertz CT molecular complexity index is 1380. The number of hydrogen-bond donors (Lipinski definition) is 1. The maximum Gasteiger partial charge on any atom is 0.416 e. The van der Waals surface area contributed by atoms with Crippen molar-refractivity contribution in [2.24, 2.45) is 0 Å². The molecule has 10 heteroatoms. The van der Waals surface area contributed by atoms with Crippen molar-refractivity contribution in [3.63, 3.8) is 0 Å². The van der Waals surface area contributed by atoms with Crippen molar-refractivity contribution >= 4 is 0 Å². The second-order valence-corrected chi connectivity index (χ2v) is 7.95. The Hall–Kier alpha value is -4.08. The molecule has 2 aromatic carbocycles. The average molecular weight is 484 g/mol. The number of nitrogens with zero attached hydrogens (tertiary/aromatic N) is 3. The zero-order chi connectivity index (χ0) is 25.2. The molecule has 1 N–H and O–H groups in total. The monoisotopic (exact) mass is 484 g/mol. The van der Waals surface area contributed by atoms with Gasteiger partial charge in [0.25, 0.3) is 5.56 Å². The van der Waals surface area contributed by atoms with Gasteiger partial charge in [-0.25, -0.2) is 4.98 Å². The number of nitrogens with one attached hydrogen (secondary N) is 1. The summed E-state index contributed by atoms with van der Waals surface area (Å²) >= 11 is 0. The summed E-state index contributed by atoms with van der Waals surface area (Å²) in [7, 11) is 3.10. The van der Waals surface area contributed by atoms with Crippen LogP contribution in [0.2, 0.25) is 0 Å². The smallest absolute Gasteiger partial charge is 0.416 e. The predicted octanol–water partition coefficient (Wildman–Crippen LogP) is 4.87. The lowest BCUT2D eigenvalue weighted by Crippen LogP contribution is -2.11. The molecule has 0 radical (unpaired) electrons. The molecule has 35 heavy (non-hydrogen) atoms. The number of methoxy groups -OCH3 is 2. The number of H-pyrrole nitrogens is 1. The molecule has 4 rings (SSSR count). The molecule has 1 atom stereocenters. The minimum Gasteiger partial charge on any atom is -0.493 e. The minimum absolute atomic E-state index is 0.311. The third-order valence-electron chi connectivity index (χ3n) is 5.62. The van der Waals surface area contributed by atoms with E-state index in [4.69, 9.17) is 9.47 Å². The van der Waals surface area contributed by atoms with Crippen LogP contribution < -0.4 is 15.0 Å². The second-order valence-electron chi connectivity index (χ2n) is 7.95. The van der Waals surface area contributed by atoms with Gasteiger partial charge in [0.15, 0.2) is 11.5 Å². The first-order valence-electron chi connectivity index (χ1n) is 10.7. The molecule has 0 amide bonds. The third-order valence-corrected chi connectivity index (χ3v) is 5.62. The number of ether oxygens (including phenoxy) is 2. The van der Waals surface area contributed by atoms with Crippen LogP contribution in [-0.4, -0.2) is 34.0 Å². The summed E-state index contributed by atoms with van der Waals surface area (Å²) in [6.07, 6.45) is -0.742. The molecule has 0 bridgehead atoms. The van der Waals surface area contributed by atoms with Crippen molar-refractivity contribution in [1.82, 2.24) is 19.7 Å². The summed E-state index contributed by atoms with van der Waals surface area (Å²) in [5, 5.41) is 4.34. The van der Waals surface area contributed by atoms with Crippen molar-refractivity contribution in [2.45, 2.75) is 25.6 Å². The van der Waals surface area contributed by atoms with Crippen molar-refractivity contribution < 1.29 is 22.6 Å². The summed E-state index contributed by atoms with van der Waals surface area (Å²) in [6, 6.07) is 11.5. The van der Waals surface area contributed by atoms with Crippen molar-refractivity contribution in [3.8, 4) is 22.8 Å². The molecule has 0 spiro atoms. The van der Waals surface area contributed by atoms with E-state index in [-0.39, 0.29) is 11.6 Å². The Labute approximate surface area is 199 Å². The molecule has 2 aromatic heterocycles. The van der Waals surface area contributed by atoms with Gasteiger partial charge in [0.1, 0.15) is 5.82 Å². The molecule has 4 aromatic rings. The maximum atomic E-state index is 12.8. The highest BCUT2D eigenvalue weighted by molar-refractivity contribution is 5.56. The molecule has 0 unspecified atom stereocenters. The fourth-order valence-corrected chi connectivity index (χ4v) is 3.71. The lowest BCUT2D eigenvalue weighted by Gasteiger charge is -2.14. The standard InChI is InChI=1S/C25H23F3N4O3/c1-15(17-5-7-19(8-6-17)25(26,27)28)32-14-18(13-29-32)20-12-24(33)31-23(30-20)11-16-4-9-21(34-2)22(10-16)35-3/h4-10,12-15H,11H2,1-3H3,(H,30,31,33)/t15-/m0/s1. The van der Waals surface area contributed by atoms with Crippen LogP contribution in [-0.2, 0) is 12.6 Å². The van der Waals surface area contributed by atoms with Crippen LogP contribution in [0.5, 0.6) is 11.5 Å². The zero-order valence-electron chi connectivity index (χ0n) is 19.3. The van der Waals surface area contributed by atoms with Crippen LogP contribution in [0.1, 0.15) is 35.5 Å². The Kier molecular flexibility index (Phi) is 6.63. The van der Waals surface area contributed by atoms with Gasteiger partial charge in [-0.1, -0.05) is 18.2 Å². The number of halogens is 3. The van der Waals surface area contributed by atoms with Gasteiger partial charge >= 0.3 is 6.18 Å². The van der Waals surface area contributed by atoms with Crippen molar-refractivity contribution in [3.05, 3.63) is 93.8 Å². The Balaban J connectivity index is 1.57. The van der Waals surface area contributed by atoms with E-state index in [1.54, 1.807) is 37.4 Å². The predicted molar refractivity (Wildman–Crippen MR) is 124 cm³/mol. The highest BCUT2D eigenvalue weighted by atomic mass is 19.4. The van der Waals surface area contributed by atoms with Gasteiger partial charge in [-0.15, -0.1) is 0 Å². The van der Waals surface area contributed by atoms with Crippen LogP contribution in [0.15, 0.2) is 65.7 Å². The molecule has 182 valence electrons. The van der Waals surface area contributed by atoms with E-state index >= 15 is 0 Å². The number of rotatable bonds is 7. The van der Waals surface area contributed by atoms with Crippen LogP contribution in [0, 0.1) is 0 Å². The Morgan fingerprint density at radius 1 is 1.03 bits per heavy atom. The van der Waals surface area contributed by atoms with E-state index < -0.39 is 11.7 Å². The number of alkyl halides is 3. The maximum absolute atomic E-state index is 12.8. The van der Waals surface area contributed by atoms with Crippen LogP contribution >= 0.6 is 0 Å². The minimum atomic E-state index is -4.39. The largest absolute Gasteiger partial charge is 0.493 e. The first-order chi connectivity index (χ1) is 16.7. The lowest BCUT2D eigenvalue weighted by atomic mass is 10.1. The summed E-state index contributed by atoms with van der Waals surface area (Å²) in [6.45, 7) is 1.83. The highest BCUT2D eigenvalue weighted by Gasteiger charge is 2.30. The normalized spacial score (nSPS) is 12.4. The van der Waals surface area contributed by atoms with Crippen LogP contribution in [0.4, 0.5) is 13.2 Å². The SMILES string of the molecule is COc1ccc(Cc2nc(-c3cnn([C@@H](C)c4ccc(C(F)(F)F)cc4)c3)cc(=O)[nH]2)cc1OC. The topological polar surface area (TPSA) is 82.0 Å². The lowest BCUT2D eigenvalue weighted by molar-refractivity contribution is -0.137. The molecular formula is C25H23F3N4O3. The van der Waals surface area contributed by atoms with Crippen molar-refractivity contribution in [2.75, 3.05) is 14.2 Å². The van der Waals surface area contributed by atoms with E-state index in [1.807, 2.05) is 19.1 Å². The number of hydrogen-bond acceptors (Lipinski definition) is 5. The molecule has 2 heterocycles. The molecule has 0 aliphatic carbocycles. The van der Waals surface area contributed by atoms with Gasteiger partial charge in [0.05, 0.1) is 37.7 Å². The van der Waals surface area contributed by atoms with E-state index in [1.165, 1.54) is 18.2 Å². The average Bonchev–Trinajstić information content (AvgIpc) is 3.33. The van der Waals surface area contributed by atoms with E-state index in [2.05, 4.69) is 15.1 Å². The van der Waals surface area contributed by atoms with Gasteiger partial charge < -0.3 is 14.5 Å². The molecule has 0 saturated heterocycles. The molecule has 0 aliphatic rings. The number of aromatic nitrogens is 4. The van der Waals surface area contributed by atoms with Crippen LogP contribution in [0.25, 0.3) is 11.3 Å². The van der Waals surface area contributed by atoms with Gasteiger partial charge in [-0.2, -0.15) is 18.3 Å². The number of benzene rings is 2. The van der Waals surface area contributed by atoms with E-state index in [0.29, 0.717) is 40.6 Å². The number of aromatic amines is 1. The fraction of sp³-hybridized carbons (Fsp3) is 0.240. The van der Waals surface area contributed by atoms with Gasteiger partial charge in [-0.3, -0.25) is 9.48 Å². The molecule has 0 aliphatic heterocycles. The summed E-state index contributed by atoms with van der Waals surface area (Å²) in [4.78, 5) is 19.6. The van der Waals surface area contributed by atoms with E-state index in [9.17, 15) is 18.0 Å². The molecule has 0 saturated carbocycles. The first-order valence-corrected chi connectivity index (χ1v) is 10.7. The molecular weight excluding hydrogens is 461 g/mol. The highest BCUT2D eigenvalue weighted by Crippen LogP contribution is 2.31. The van der Waals surface area contributed by atoms with Crippen molar-refractivity contribution in [1.29, 1.82) is 0 Å². The summed E-state index contributed by atoms with van der Waals surface area (Å²) in [5.74, 6) is 1.63. The summed E-state index contributed by atoms with van der Waals surface area (Å²) in [5.41, 5.74) is 1.58.